The van der Waals surface area contributed by atoms with Crippen molar-refractivity contribution in [3.8, 4) is 11.5 Å². The molecule has 0 saturated heterocycles. The summed E-state index contributed by atoms with van der Waals surface area (Å²) in [6.45, 7) is 30.8. The molecule has 2 rings (SSSR count). The molecule has 0 spiro atoms. The molecule has 0 saturated carbocycles. The van der Waals surface area contributed by atoms with Crippen molar-refractivity contribution in [3.05, 3.63) is 46.5 Å². The van der Waals surface area contributed by atoms with Crippen molar-refractivity contribution in [1.29, 1.82) is 0 Å². The minimum absolute atomic E-state index is 0.115. The van der Waals surface area contributed by atoms with Gasteiger partial charge in [-0.3, -0.25) is 0 Å². The van der Waals surface area contributed by atoms with Gasteiger partial charge in [0.25, 0.3) is 0 Å². The zero-order chi connectivity index (χ0) is 30.9. The maximum absolute atomic E-state index is 11.3. The van der Waals surface area contributed by atoms with Gasteiger partial charge in [0.1, 0.15) is 11.5 Å². The Bertz CT molecular complexity index is 998. The van der Waals surface area contributed by atoms with Crippen LogP contribution in [0.4, 0.5) is 0 Å². The van der Waals surface area contributed by atoms with Crippen molar-refractivity contribution in [1.82, 2.24) is 0 Å². The van der Waals surface area contributed by atoms with Crippen LogP contribution in [0.2, 0.25) is 0 Å². The Morgan fingerprint density at radius 3 is 1.05 bits per heavy atom. The summed E-state index contributed by atoms with van der Waals surface area (Å²) in [7, 11) is 0. The molecule has 4 heteroatoms. The molecule has 2 aromatic rings. The molecule has 2 N–H and O–H groups in total. The standard InChI is InChI=1S/C36H58O2S2/c1-15-16-17-18-19-36(14,39-24-20-26(32(2,3)4)30(37)27(21-24)33(5,6)7)40-25-22-28(34(8,9)10)31(38)29(23-25)35(11,12)13/h20-23,37-38H,15-19H2,1-14H3. The summed E-state index contributed by atoms with van der Waals surface area (Å²) in [6.07, 6.45) is 5.97. The predicted octanol–water partition coefficient (Wildman–Crippen LogP) is 11.9. The first-order valence-electron chi connectivity index (χ1n) is 15.1. The van der Waals surface area contributed by atoms with Crippen molar-refractivity contribution in [2.45, 2.75) is 165 Å². The summed E-state index contributed by atoms with van der Waals surface area (Å²) in [4.78, 5) is 2.42. The van der Waals surface area contributed by atoms with Gasteiger partial charge in [0, 0.05) is 32.0 Å². The molecule has 0 aliphatic heterocycles. The fraction of sp³-hybridized carbons (Fsp3) is 0.667. The van der Waals surface area contributed by atoms with Crippen LogP contribution in [0.3, 0.4) is 0 Å². The fourth-order valence-electron chi connectivity index (χ4n) is 5.12. The number of aromatic hydroxyl groups is 2. The summed E-state index contributed by atoms with van der Waals surface area (Å²) in [5.41, 5.74) is 3.39. The zero-order valence-corrected chi connectivity index (χ0v) is 29.7. The molecule has 0 atom stereocenters. The SMILES string of the molecule is CCCCCCC(C)(Sc1cc(C(C)(C)C)c(O)c(C(C)(C)C)c1)Sc1cc(C(C)(C)C)c(O)c(C(C)(C)C)c1. The van der Waals surface area contributed by atoms with Crippen LogP contribution in [0, 0.1) is 0 Å². The van der Waals surface area contributed by atoms with E-state index in [0.717, 1.165) is 28.7 Å². The van der Waals surface area contributed by atoms with Crippen LogP contribution in [0.1, 0.15) is 151 Å². The summed E-state index contributed by atoms with van der Waals surface area (Å²) < 4.78 is -0.115. The van der Waals surface area contributed by atoms with Crippen LogP contribution < -0.4 is 0 Å². The Balaban J connectivity index is 2.69. The Kier molecular flexibility index (Phi) is 11.0. The Morgan fingerprint density at radius 2 is 0.800 bits per heavy atom. The Labute approximate surface area is 255 Å². The second-order valence-electron chi connectivity index (χ2n) is 15.9. The topological polar surface area (TPSA) is 40.5 Å². The van der Waals surface area contributed by atoms with E-state index in [4.69, 9.17) is 0 Å². The van der Waals surface area contributed by atoms with Crippen molar-refractivity contribution in [2.24, 2.45) is 0 Å². The predicted molar refractivity (Wildman–Crippen MR) is 180 cm³/mol. The highest BCUT2D eigenvalue weighted by Gasteiger charge is 2.33. The highest BCUT2D eigenvalue weighted by molar-refractivity contribution is 8.18. The van der Waals surface area contributed by atoms with E-state index in [0.29, 0.717) is 11.5 Å². The third kappa shape index (κ3) is 9.12. The number of benzene rings is 2. The lowest BCUT2D eigenvalue weighted by atomic mass is 9.79. The number of hydrogen-bond acceptors (Lipinski definition) is 4. The van der Waals surface area contributed by atoms with Gasteiger partial charge in [-0.25, -0.2) is 0 Å². The van der Waals surface area contributed by atoms with Crippen LogP contribution >= 0.6 is 23.5 Å². The molecular formula is C36H58O2S2. The summed E-state index contributed by atoms with van der Waals surface area (Å²) in [5, 5.41) is 22.6. The molecule has 2 nitrogen and oxygen atoms in total. The average Bonchev–Trinajstić information content (AvgIpc) is 2.76. The van der Waals surface area contributed by atoms with Crippen molar-refractivity contribution in [3.63, 3.8) is 0 Å². The van der Waals surface area contributed by atoms with E-state index >= 15 is 0 Å². The van der Waals surface area contributed by atoms with Gasteiger partial charge in [-0.05, 0) is 59.3 Å². The van der Waals surface area contributed by atoms with Gasteiger partial charge in [0.05, 0.1) is 4.08 Å². The van der Waals surface area contributed by atoms with Gasteiger partial charge >= 0.3 is 0 Å². The maximum Gasteiger partial charge on any atom is 0.123 e. The summed E-state index contributed by atoms with van der Waals surface area (Å²) >= 11 is 3.87. The van der Waals surface area contributed by atoms with Crippen LogP contribution in [-0.2, 0) is 21.7 Å². The van der Waals surface area contributed by atoms with Crippen LogP contribution in [0.25, 0.3) is 0 Å². The second kappa shape index (κ2) is 12.5. The molecule has 0 aliphatic rings. The van der Waals surface area contributed by atoms with Crippen molar-refractivity contribution >= 4 is 23.5 Å². The smallest absolute Gasteiger partial charge is 0.123 e. The number of hydrogen-bond donors (Lipinski definition) is 2. The molecule has 0 fully saturated rings. The van der Waals surface area contributed by atoms with E-state index in [1.165, 1.54) is 35.5 Å². The second-order valence-corrected chi connectivity index (χ2v) is 19.3. The number of thioether (sulfide) groups is 2. The molecular weight excluding hydrogens is 529 g/mol. The lowest BCUT2D eigenvalue weighted by Crippen LogP contribution is -2.20. The van der Waals surface area contributed by atoms with Gasteiger partial charge in [-0.15, -0.1) is 23.5 Å². The molecule has 0 radical (unpaired) electrons. The fourth-order valence-corrected chi connectivity index (χ4v) is 8.06. The van der Waals surface area contributed by atoms with E-state index < -0.39 is 0 Å². The highest BCUT2D eigenvalue weighted by Crippen LogP contribution is 2.53. The van der Waals surface area contributed by atoms with E-state index in [-0.39, 0.29) is 25.7 Å². The third-order valence-electron chi connectivity index (χ3n) is 7.55. The first-order valence-corrected chi connectivity index (χ1v) is 16.8. The van der Waals surface area contributed by atoms with Gasteiger partial charge < -0.3 is 10.2 Å². The molecule has 0 unspecified atom stereocenters. The lowest BCUT2D eigenvalue weighted by molar-refractivity contribution is 0.421. The molecule has 0 amide bonds. The summed E-state index contributed by atoms with van der Waals surface area (Å²) in [6, 6.07) is 8.88. The number of phenolic OH excluding ortho intramolecular Hbond substituents is 2. The average molecular weight is 587 g/mol. The first kappa shape index (κ1) is 34.9. The molecule has 0 heterocycles. The van der Waals surface area contributed by atoms with Crippen molar-refractivity contribution < 1.29 is 10.2 Å². The molecule has 40 heavy (non-hydrogen) atoms. The molecule has 0 bridgehead atoms. The number of unbranched alkanes of at least 4 members (excludes halogenated alkanes) is 3. The van der Waals surface area contributed by atoms with Crippen molar-refractivity contribution in [2.75, 3.05) is 0 Å². The normalized spacial score (nSPS) is 13.7. The Hall–Kier alpha value is -1.26. The molecule has 2 aromatic carbocycles. The van der Waals surface area contributed by atoms with Crippen LogP contribution in [-0.4, -0.2) is 14.3 Å². The minimum atomic E-state index is -0.161. The molecule has 226 valence electrons. The minimum Gasteiger partial charge on any atom is -0.507 e. The van der Waals surface area contributed by atoms with E-state index in [2.05, 4.69) is 121 Å². The summed E-state index contributed by atoms with van der Waals surface area (Å²) in [5.74, 6) is 0.870. The van der Waals surface area contributed by atoms with Crippen LogP contribution in [0.5, 0.6) is 11.5 Å². The molecule has 0 aliphatic carbocycles. The van der Waals surface area contributed by atoms with Gasteiger partial charge in [0.15, 0.2) is 0 Å². The first-order chi connectivity index (χ1) is 18.0. The van der Waals surface area contributed by atoms with Gasteiger partial charge in [-0.2, -0.15) is 0 Å². The van der Waals surface area contributed by atoms with Gasteiger partial charge in [0.2, 0.25) is 0 Å². The lowest BCUT2D eigenvalue weighted by Gasteiger charge is -2.33. The molecule has 0 aromatic heterocycles. The highest BCUT2D eigenvalue weighted by atomic mass is 32.2. The monoisotopic (exact) mass is 586 g/mol. The van der Waals surface area contributed by atoms with E-state index in [1.807, 2.05) is 23.5 Å². The number of phenols is 2. The number of rotatable bonds is 9. The van der Waals surface area contributed by atoms with Crippen LogP contribution in [0.15, 0.2) is 34.1 Å². The van der Waals surface area contributed by atoms with Gasteiger partial charge in [-0.1, -0.05) is 116 Å². The zero-order valence-electron chi connectivity index (χ0n) is 28.1. The third-order valence-corrected chi connectivity index (χ3v) is 10.3. The largest absolute Gasteiger partial charge is 0.507 e. The maximum atomic E-state index is 11.3. The quantitative estimate of drug-likeness (QED) is 0.174. The Morgan fingerprint density at radius 1 is 0.500 bits per heavy atom. The van der Waals surface area contributed by atoms with E-state index in [1.54, 1.807) is 0 Å². The van der Waals surface area contributed by atoms with E-state index in [9.17, 15) is 10.2 Å².